The van der Waals surface area contributed by atoms with Crippen LogP contribution in [0, 0.1) is 6.20 Å². The van der Waals surface area contributed by atoms with Crippen molar-refractivity contribution in [2.75, 3.05) is 0 Å². The van der Waals surface area contributed by atoms with E-state index in [4.69, 9.17) is 0 Å². The Bertz CT molecular complexity index is 281. The van der Waals surface area contributed by atoms with Crippen molar-refractivity contribution in [1.29, 1.82) is 0 Å². The molecule has 1 radical (unpaired) electrons. The largest absolute Gasteiger partial charge is 0.252 e. The summed E-state index contributed by atoms with van der Waals surface area (Å²) in [6.45, 7) is 0. The molecule has 0 aliphatic rings. The molecule has 4 nitrogen and oxygen atoms in total. The predicted molar refractivity (Wildman–Crippen MR) is 34.0 cm³/mol. The summed E-state index contributed by atoms with van der Waals surface area (Å²) in [4.78, 5) is 7.68. The van der Waals surface area contributed by atoms with Crippen molar-refractivity contribution in [2.45, 2.75) is 0 Å². The van der Waals surface area contributed by atoms with E-state index in [2.05, 4.69) is 26.4 Å². The van der Waals surface area contributed by atoms with E-state index in [1.165, 1.54) is 6.33 Å². The molecule has 0 fully saturated rings. The van der Waals surface area contributed by atoms with Crippen molar-refractivity contribution < 1.29 is 0 Å². The number of pyridine rings is 1. The molecular weight excluding hydrogens is 128 g/mol. The van der Waals surface area contributed by atoms with Crippen LogP contribution in [0.4, 0.5) is 0 Å². The highest BCUT2D eigenvalue weighted by Crippen LogP contribution is 2.00. The Morgan fingerprint density at radius 1 is 1.30 bits per heavy atom. The minimum atomic E-state index is 0.696. The summed E-state index contributed by atoms with van der Waals surface area (Å²) in [5, 5.41) is 7.38. The van der Waals surface area contributed by atoms with Gasteiger partial charge >= 0.3 is 0 Å². The van der Waals surface area contributed by atoms with Crippen molar-refractivity contribution in [3.8, 4) is 0 Å². The first-order chi connectivity index (χ1) is 4.97. The first kappa shape index (κ1) is 5.22. The van der Waals surface area contributed by atoms with Gasteiger partial charge in [-0.05, 0) is 6.07 Å². The zero-order chi connectivity index (χ0) is 6.81. The Labute approximate surface area is 57.0 Å². The predicted octanol–water partition coefficient (Wildman–Crippen LogP) is 0.220. The minimum Gasteiger partial charge on any atom is -0.252 e. The van der Waals surface area contributed by atoms with Gasteiger partial charge in [0.05, 0.1) is 17.9 Å². The maximum Gasteiger partial charge on any atom is 0.138 e. The monoisotopic (exact) mass is 131 g/mol. The van der Waals surface area contributed by atoms with Gasteiger partial charge in [0.15, 0.2) is 0 Å². The third kappa shape index (κ3) is 0.699. The molecule has 0 unspecified atom stereocenters. The maximum absolute atomic E-state index is 3.94. The Morgan fingerprint density at radius 3 is 3.20 bits per heavy atom. The average molecular weight is 131 g/mol. The van der Waals surface area contributed by atoms with Gasteiger partial charge in [0.1, 0.15) is 11.8 Å². The Balaban J connectivity index is 2.89. The minimum absolute atomic E-state index is 0.696. The molecule has 0 aliphatic heterocycles. The molecule has 0 N–H and O–H groups in total. The highest BCUT2D eigenvalue weighted by Gasteiger charge is 1.90. The number of fused-ring (bicyclic) bond motifs is 1. The van der Waals surface area contributed by atoms with Crippen LogP contribution in [-0.4, -0.2) is 20.2 Å². The highest BCUT2D eigenvalue weighted by molar-refractivity contribution is 5.70. The van der Waals surface area contributed by atoms with E-state index < -0.39 is 0 Å². The molecule has 0 aliphatic carbocycles. The van der Waals surface area contributed by atoms with Crippen LogP contribution in [-0.2, 0) is 0 Å². The Kier molecular flexibility index (Phi) is 1.04. The van der Waals surface area contributed by atoms with Gasteiger partial charge in [0, 0.05) is 0 Å². The average Bonchev–Trinajstić information content (AvgIpc) is 2.05. The van der Waals surface area contributed by atoms with E-state index in [9.17, 15) is 0 Å². The van der Waals surface area contributed by atoms with Gasteiger partial charge in [0.2, 0.25) is 0 Å². The summed E-state index contributed by atoms with van der Waals surface area (Å²) in [5.74, 6) is 0. The molecule has 0 atom stereocenters. The van der Waals surface area contributed by atoms with E-state index >= 15 is 0 Å². The van der Waals surface area contributed by atoms with Crippen LogP contribution in [0.5, 0.6) is 0 Å². The second-order valence-corrected chi connectivity index (χ2v) is 1.76. The fourth-order valence-electron chi connectivity index (χ4n) is 0.693. The van der Waals surface area contributed by atoms with Crippen LogP contribution < -0.4 is 0 Å². The van der Waals surface area contributed by atoms with Gasteiger partial charge < -0.3 is 0 Å². The number of nitrogens with zero attached hydrogens (tertiary/aromatic N) is 4. The topological polar surface area (TPSA) is 51.6 Å². The van der Waals surface area contributed by atoms with Crippen molar-refractivity contribution in [2.24, 2.45) is 0 Å². The third-order valence-corrected chi connectivity index (χ3v) is 1.14. The molecule has 0 saturated carbocycles. The summed E-state index contributed by atoms with van der Waals surface area (Å²) in [7, 11) is 0. The third-order valence-electron chi connectivity index (χ3n) is 1.14. The summed E-state index contributed by atoms with van der Waals surface area (Å²) in [6, 6.07) is 1.67. The van der Waals surface area contributed by atoms with Gasteiger partial charge in [-0.3, -0.25) is 4.98 Å². The quantitative estimate of drug-likeness (QED) is 0.513. The van der Waals surface area contributed by atoms with E-state index in [0.717, 1.165) is 5.52 Å². The van der Waals surface area contributed by atoms with Crippen molar-refractivity contribution in [3.63, 3.8) is 0 Å². The molecule has 47 valence electrons. The van der Waals surface area contributed by atoms with Crippen LogP contribution in [0.15, 0.2) is 18.6 Å². The lowest BCUT2D eigenvalue weighted by atomic mass is 10.4. The number of rotatable bonds is 0. The van der Waals surface area contributed by atoms with E-state index in [1.807, 2.05) is 0 Å². The zero-order valence-electron chi connectivity index (χ0n) is 5.02. The molecule has 0 aromatic carbocycles. The molecule has 2 aromatic heterocycles. The molecule has 0 bridgehead atoms. The molecule has 0 amide bonds. The number of hydrogen-bond acceptors (Lipinski definition) is 4. The molecule has 0 saturated heterocycles. The van der Waals surface area contributed by atoms with Gasteiger partial charge in [-0.25, -0.2) is 4.98 Å². The van der Waals surface area contributed by atoms with Crippen LogP contribution in [0.25, 0.3) is 11.0 Å². The van der Waals surface area contributed by atoms with Gasteiger partial charge in [-0.2, -0.15) is 0 Å². The second kappa shape index (κ2) is 1.98. The maximum atomic E-state index is 3.94. The van der Waals surface area contributed by atoms with Crippen molar-refractivity contribution in [1.82, 2.24) is 20.2 Å². The summed E-state index contributed by atoms with van der Waals surface area (Å²) in [6.07, 6.45) is 5.63. The molecule has 2 heterocycles. The summed E-state index contributed by atoms with van der Waals surface area (Å²) >= 11 is 0. The normalized spacial score (nSPS) is 10.0. The molecule has 0 spiro atoms. The SMILES string of the molecule is [c]1cc2ncnnc2cn1. The van der Waals surface area contributed by atoms with Crippen LogP contribution in [0.3, 0.4) is 0 Å². The number of hydrogen-bond donors (Lipinski definition) is 0. The lowest BCUT2D eigenvalue weighted by molar-refractivity contribution is 1.02. The van der Waals surface area contributed by atoms with Gasteiger partial charge in [-0.15, -0.1) is 10.2 Å². The summed E-state index contributed by atoms with van der Waals surface area (Å²) < 4.78 is 0. The van der Waals surface area contributed by atoms with Crippen molar-refractivity contribution >= 4 is 11.0 Å². The van der Waals surface area contributed by atoms with Crippen LogP contribution in [0.1, 0.15) is 0 Å². The van der Waals surface area contributed by atoms with Crippen LogP contribution in [0.2, 0.25) is 0 Å². The lowest BCUT2D eigenvalue weighted by Crippen LogP contribution is -1.86. The fraction of sp³-hybridized carbons (Fsp3) is 0. The molecule has 2 aromatic rings. The fourth-order valence-corrected chi connectivity index (χ4v) is 0.693. The first-order valence-corrected chi connectivity index (χ1v) is 2.76. The first-order valence-electron chi connectivity index (χ1n) is 2.76. The van der Waals surface area contributed by atoms with Crippen LogP contribution >= 0.6 is 0 Å². The number of aromatic nitrogens is 4. The highest BCUT2D eigenvalue weighted by atomic mass is 15.1. The molecule has 2 rings (SSSR count). The lowest BCUT2D eigenvalue weighted by Gasteiger charge is -1.88. The zero-order valence-corrected chi connectivity index (χ0v) is 5.02. The summed E-state index contributed by atoms with van der Waals surface area (Å²) in [5.41, 5.74) is 1.46. The Morgan fingerprint density at radius 2 is 2.30 bits per heavy atom. The van der Waals surface area contributed by atoms with E-state index in [1.54, 1.807) is 12.3 Å². The second-order valence-electron chi connectivity index (χ2n) is 1.76. The molecule has 4 heteroatoms. The molecular formula is C6H3N4. The van der Waals surface area contributed by atoms with Crippen molar-refractivity contribution in [3.05, 3.63) is 24.8 Å². The Hall–Kier alpha value is -1.58. The van der Waals surface area contributed by atoms with Gasteiger partial charge in [0.25, 0.3) is 0 Å². The molecule has 10 heavy (non-hydrogen) atoms. The standard InChI is InChI=1S/C6H3N4/c1-2-7-3-6-5(1)8-4-9-10-6/h1,3-4H. The smallest absolute Gasteiger partial charge is 0.138 e. The van der Waals surface area contributed by atoms with Gasteiger partial charge in [-0.1, -0.05) is 0 Å². The van der Waals surface area contributed by atoms with E-state index in [0.29, 0.717) is 5.52 Å². The van der Waals surface area contributed by atoms with E-state index in [-0.39, 0.29) is 0 Å².